The molecule has 6 heteroatoms. The van der Waals surface area contributed by atoms with E-state index >= 15 is 0 Å². The van der Waals surface area contributed by atoms with Crippen LogP contribution in [-0.2, 0) is 28.6 Å². The number of rotatable bonds is 57. The Hall–Kier alpha value is -1.59. The molecule has 70 heavy (non-hydrogen) atoms. The van der Waals surface area contributed by atoms with E-state index in [-0.39, 0.29) is 31.1 Å². The molecule has 0 aromatic carbocycles. The summed E-state index contributed by atoms with van der Waals surface area (Å²) in [5, 5.41) is 0. The van der Waals surface area contributed by atoms with Crippen molar-refractivity contribution >= 4 is 17.9 Å². The summed E-state index contributed by atoms with van der Waals surface area (Å²) in [4.78, 5) is 38.3. The molecule has 416 valence electrons. The second-order valence-electron chi connectivity index (χ2n) is 23.2. The third-order valence-electron chi connectivity index (χ3n) is 15.0. The van der Waals surface area contributed by atoms with Gasteiger partial charge in [-0.3, -0.25) is 14.4 Å². The minimum atomic E-state index is -0.764. The van der Waals surface area contributed by atoms with E-state index in [1.54, 1.807) is 0 Å². The van der Waals surface area contributed by atoms with E-state index in [0.29, 0.717) is 19.3 Å². The summed E-state index contributed by atoms with van der Waals surface area (Å²) in [6.07, 6.45) is 59.5. The molecular formula is C64H124O6. The van der Waals surface area contributed by atoms with Crippen LogP contribution in [-0.4, -0.2) is 37.2 Å². The summed E-state index contributed by atoms with van der Waals surface area (Å²) in [5.41, 5.74) is 0. The third kappa shape index (κ3) is 55.7. The van der Waals surface area contributed by atoms with Gasteiger partial charge in [-0.15, -0.1) is 0 Å². The van der Waals surface area contributed by atoms with E-state index in [9.17, 15) is 14.4 Å². The Morgan fingerprint density at radius 2 is 0.500 bits per heavy atom. The summed E-state index contributed by atoms with van der Waals surface area (Å²) in [5.74, 6) is 1.74. The zero-order valence-corrected chi connectivity index (χ0v) is 48.3. The van der Waals surface area contributed by atoms with Crippen LogP contribution in [0.25, 0.3) is 0 Å². The van der Waals surface area contributed by atoms with Crippen LogP contribution in [0.15, 0.2) is 0 Å². The van der Waals surface area contributed by atoms with Crippen molar-refractivity contribution < 1.29 is 28.6 Å². The summed E-state index contributed by atoms with van der Waals surface area (Å²) in [7, 11) is 0. The highest BCUT2D eigenvalue weighted by Crippen LogP contribution is 2.19. The Morgan fingerprint density at radius 3 is 0.743 bits per heavy atom. The van der Waals surface area contributed by atoms with Crippen LogP contribution in [0.1, 0.15) is 356 Å². The van der Waals surface area contributed by atoms with Gasteiger partial charge >= 0.3 is 17.9 Å². The van der Waals surface area contributed by atoms with Gasteiger partial charge in [0.05, 0.1) is 0 Å². The maximum absolute atomic E-state index is 12.9. The van der Waals surface area contributed by atoms with E-state index in [2.05, 4.69) is 41.5 Å². The molecule has 6 nitrogen and oxygen atoms in total. The number of hydrogen-bond donors (Lipinski definition) is 0. The Labute approximate surface area is 438 Å². The fraction of sp³-hybridized carbons (Fsp3) is 0.953. The lowest BCUT2D eigenvalue weighted by Gasteiger charge is -2.18. The van der Waals surface area contributed by atoms with E-state index in [4.69, 9.17) is 14.2 Å². The number of unbranched alkanes of at least 4 members (excludes halogenated alkanes) is 39. The predicted molar refractivity (Wildman–Crippen MR) is 303 cm³/mol. The van der Waals surface area contributed by atoms with Crippen LogP contribution in [0.5, 0.6) is 0 Å². The largest absolute Gasteiger partial charge is 0.462 e. The van der Waals surface area contributed by atoms with Gasteiger partial charge in [-0.2, -0.15) is 0 Å². The number of carbonyl (C=O) groups is 3. The minimum absolute atomic E-state index is 0.0627. The monoisotopic (exact) mass is 989 g/mol. The lowest BCUT2D eigenvalue weighted by atomic mass is 9.99. The second kappa shape index (κ2) is 55.2. The molecule has 0 aliphatic carbocycles. The van der Waals surface area contributed by atoms with Gasteiger partial charge in [-0.1, -0.05) is 318 Å². The van der Waals surface area contributed by atoms with E-state index in [1.807, 2.05) is 0 Å². The topological polar surface area (TPSA) is 78.9 Å². The van der Waals surface area contributed by atoms with Crippen LogP contribution in [0.2, 0.25) is 0 Å². The molecule has 0 aromatic heterocycles. The molecule has 0 radical (unpaired) electrons. The van der Waals surface area contributed by atoms with Crippen molar-refractivity contribution in [3.8, 4) is 0 Å². The number of esters is 3. The van der Waals surface area contributed by atoms with Crippen molar-refractivity contribution in [2.45, 2.75) is 362 Å². The third-order valence-corrected chi connectivity index (χ3v) is 15.0. The molecular weight excluding hydrogens is 865 g/mol. The van der Waals surface area contributed by atoms with E-state index in [1.165, 1.54) is 238 Å². The van der Waals surface area contributed by atoms with Crippen molar-refractivity contribution in [1.29, 1.82) is 0 Å². The maximum Gasteiger partial charge on any atom is 0.306 e. The quantitative estimate of drug-likeness (QED) is 0.0343. The van der Waals surface area contributed by atoms with Crippen molar-refractivity contribution in [1.82, 2.24) is 0 Å². The lowest BCUT2D eigenvalue weighted by Crippen LogP contribution is -2.30. The number of hydrogen-bond acceptors (Lipinski definition) is 6. The molecule has 0 bridgehead atoms. The van der Waals surface area contributed by atoms with E-state index < -0.39 is 6.10 Å². The Balaban J connectivity index is 4.29. The first-order chi connectivity index (χ1) is 34.1. The zero-order valence-electron chi connectivity index (χ0n) is 48.3. The summed E-state index contributed by atoms with van der Waals surface area (Å²) in [6.45, 7) is 13.8. The van der Waals surface area contributed by atoms with Gasteiger partial charge < -0.3 is 14.2 Å². The van der Waals surface area contributed by atoms with Gasteiger partial charge in [0.25, 0.3) is 0 Å². The predicted octanol–water partition coefficient (Wildman–Crippen LogP) is 21.1. The molecule has 0 aliphatic heterocycles. The van der Waals surface area contributed by atoms with Crippen molar-refractivity contribution in [2.75, 3.05) is 13.2 Å². The zero-order chi connectivity index (χ0) is 51.2. The first kappa shape index (κ1) is 68.4. The molecule has 2 atom stereocenters. The maximum atomic E-state index is 12.9. The Kier molecular flexibility index (Phi) is 53.9. The highest BCUT2D eigenvalue weighted by molar-refractivity contribution is 5.71. The molecule has 0 spiro atoms. The van der Waals surface area contributed by atoms with Gasteiger partial charge in [0.2, 0.25) is 0 Å². The van der Waals surface area contributed by atoms with Crippen molar-refractivity contribution in [2.24, 2.45) is 17.8 Å². The molecule has 1 unspecified atom stereocenters. The summed E-state index contributed by atoms with van der Waals surface area (Å²) in [6, 6.07) is 0. The Morgan fingerprint density at radius 1 is 0.286 bits per heavy atom. The SMILES string of the molecule is CCC(C)CCCCCCCCCCCCCCCCC(=O)O[C@@H](COC(=O)CCCCCCCCCCCCCCCCCCC(C)C)COC(=O)CCCCCCCCCCCCCCC(C)C. The fourth-order valence-electron chi connectivity index (χ4n) is 9.85. The molecule has 0 aliphatic rings. The molecule has 0 rings (SSSR count). The molecule has 0 aromatic rings. The lowest BCUT2D eigenvalue weighted by molar-refractivity contribution is -0.167. The van der Waals surface area contributed by atoms with Crippen LogP contribution in [0.4, 0.5) is 0 Å². The molecule has 0 fully saturated rings. The molecule has 0 saturated heterocycles. The fourth-order valence-corrected chi connectivity index (χ4v) is 9.85. The van der Waals surface area contributed by atoms with E-state index in [0.717, 1.165) is 75.5 Å². The van der Waals surface area contributed by atoms with Crippen molar-refractivity contribution in [3.05, 3.63) is 0 Å². The number of ether oxygens (including phenoxy) is 3. The van der Waals surface area contributed by atoms with Crippen molar-refractivity contribution in [3.63, 3.8) is 0 Å². The minimum Gasteiger partial charge on any atom is -0.462 e. The highest BCUT2D eigenvalue weighted by Gasteiger charge is 2.19. The van der Waals surface area contributed by atoms with Gasteiger partial charge in [-0.25, -0.2) is 0 Å². The van der Waals surface area contributed by atoms with Crippen LogP contribution >= 0.6 is 0 Å². The van der Waals surface area contributed by atoms with Gasteiger partial charge in [0.15, 0.2) is 6.10 Å². The molecule has 0 saturated carbocycles. The van der Waals surface area contributed by atoms with Gasteiger partial charge in [0.1, 0.15) is 13.2 Å². The van der Waals surface area contributed by atoms with Gasteiger partial charge in [-0.05, 0) is 37.0 Å². The molecule has 0 N–H and O–H groups in total. The number of carbonyl (C=O) groups excluding carboxylic acids is 3. The first-order valence-electron chi connectivity index (χ1n) is 31.6. The highest BCUT2D eigenvalue weighted by atomic mass is 16.6. The average Bonchev–Trinajstić information content (AvgIpc) is 3.33. The standard InChI is InChI=1S/C64H124O6/c1-7-60(6)52-46-40-34-28-22-15-12-13-17-25-31-37-43-49-55-64(67)70-61(57-69-63(66)54-48-42-36-30-24-19-18-21-27-33-39-45-51-59(4)5)56-68-62(65)53-47-41-35-29-23-16-11-9-8-10-14-20-26-32-38-44-50-58(2)3/h58-61H,7-57H2,1-6H3/t60?,61-/m0/s1. The average molecular weight is 990 g/mol. The smallest absolute Gasteiger partial charge is 0.306 e. The van der Waals surface area contributed by atoms with Crippen LogP contribution in [0, 0.1) is 17.8 Å². The Bertz CT molecular complexity index is 1090. The van der Waals surface area contributed by atoms with Crippen LogP contribution < -0.4 is 0 Å². The molecule has 0 heterocycles. The van der Waals surface area contributed by atoms with Crippen LogP contribution in [0.3, 0.4) is 0 Å². The first-order valence-corrected chi connectivity index (χ1v) is 31.6. The molecule has 0 amide bonds. The summed E-state index contributed by atoms with van der Waals surface area (Å²) < 4.78 is 17.0. The second-order valence-corrected chi connectivity index (χ2v) is 23.2. The normalized spacial score (nSPS) is 12.5. The van der Waals surface area contributed by atoms with Gasteiger partial charge in [0, 0.05) is 19.3 Å². The summed E-state index contributed by atoms with van der Waals surface area (Å²) >= 11 is 0.